The SMILES string of the molecule is CNc1ccc2c(c1)N(C(C)CN)C(=O)CS2. The molecule has 5 heteroatoms. The number of carbonyl (C=O) groups is 1. The topological polar surface area (TPSA) is 58.4 Å². The van der Waals surface area contributed by atoms with Gasteiger partial charge in [-0.05, 0) is 25.1 Å². The van der Waals surface area contributed by atoms with Crippen LogP contribution in [0.1, 0.15) is 6.92 Å². The van der Waals surface area contributed by atoms with Crippen LogP contribution in [0.3, 0.4) is 0 Å². The average molecular weight is 251 g/mol. The van der Waals surface area contributed by atoms with Crippen molar-refractivity contribution in [3.8, 4) is 0 Å². The molecule has 1 aliphatic rings. The lowest BCUT2D eigenvalue weighted by atomic mass is 10.2. The van der Waals surface area contributed by atoms with Crippen molar-refractivity contribution in [2.75, 3.05) is 29.6 Å². The summed E-state index contributed by atoms with van der Waals surface area (Å²) in [5.74, 6) is 0.629. The number of rotatable bonds is 3. The normalized spacial score (nSPS) is 16.6. The molecule has 92 valence electrons. The minimum absolute atomic E-state index is 0.0363. The maximum atomic E-state index is 12.0. The summed E-state index contributed by atoms with van der Waals surface area (Å²) >= 11 is 1.59. The number of nitrogens with zero attached hydrogens (tertiary/aromatic N) is 1. The number of fused-ring (bicyclic) bond motifs is 1. The van der Waals surface area contributed by atoms with Crippen LogP contribution in [0, 0.1) is 0 Å². The maximum Gasteiger partial charge on any atom is 0.237 e. The first-order chi connectivity index (χ1) is 8.17. The van der Waals surface area contributed by atoms with E-state index in [2.05, 4.69) is 11.4 Å². The van der Waals surface area contributed by atoms with Crippen LogP contribution >= 0.6 is 11.8 Å². The van der Waals surface area contributed by atoms with Crippen molar-refractivity contribution < 1.29 is 4.79 Å². The van der Waals surface area contributed by atoms with Gasteiger partial charge in [0, 0.05) is 30.2 Å². The van der Waals surface area contributed by atoms with Gasteiger partial charge < -0.3 is 16.0 Å². The molecule has 1 atom stereocenters. The van der Waals surface area contributed by atoms with Gasteiger partial charge in [0.25, 0.3) is 0 Å². The smallest absolute Gasteiger partial charge is 0.237 e. The Morgan fingerprint density at radius 1 is 1.59 bits per heavy atom. The summed E-state index contributed by atoms with van der Waals surface area (Å²) in [5.41, 5.74) is 7.65. The molecule has 0 radical (unpaired) electrons. The van der Waals surface area contributed by atoms with Crippen molar-refractivity contribution in [3.05, 3.63) is 18.2 Å². The molecule has 1 aromatic carbocycles. The summed E-state index contributed by atoms with van der Waals surface area (Å²) in [7, 11) is 1.87. The zero-order valence-corrected chi connectivity index (χ0v) is 10.9. The third-order valence-corrected chi connectivity index (χ3v) is 3.96. The van der Waals surface area contributed by atoms with E-state index < -0.39 is 0 Å². The van der Waals surface area contributed by atoms with Gasteiger partial charge in [-0.3, -0.25) is 4.79 Å². The number of amides is 1. The fourth-order valence-electron chi connectivity index (χ4n) is 1.92. The van der Waals surface area contributed by atoms with Gasteiger partial charge >= 0.3 is 0 Å². The number of hydrogen-bond acceptors (Lipinski definition) is 4. The molecule has 1 amide bonds. The first kappa shape index (κ1) is 12.3. The number of hydrogen-bond donors (Lipinski definition) is 2. The Hall–Kier alpha value is -1.20. The highest BCUT2D eigenvalue weighted by molar-refractivity contribution is 8.00. The van der Waals surface area contributed by atoms with Crippen molar-refractivity contribution in [3.63, 3.8) is 0 Å². The van der Waals surface area contributed by atoms with Crippen LogP contribution in [-0.4, -0.2) is 31.3 Å². The lowest BCUT2D eigenvalue weighted by Gasteiger charge is -2.33. The van der Waals surface area contributed by atoms with Gasteiger partial charge in [0.05, 0.1) is 11.4 Å². The van der Waals surface area contributed by atoms with Crippen LogP contribution in [0.2, 0.25) is 0 Å². The molecule has 1 heterocycles. The zero-order chi connectivity index (χ0) is 12.4. The summed E-state index contributed by atoms with van der Waals surface area (Å²) in [6, 6.07) is 6.11. The Kier molecular flexibility index (Phi) is 3.59. The van der Waals surface area contributed by atoms with Crippen molar-refractivity contribution >= 4 is 29.0 Å². The average Bonchev–Trinajstić information content (AvgIpc) is 2.37. The highest BCUT2D eigenvalue weighted by Gasteiger charge is 2.28. The van der Waals surface area contributed by atoms with Gasteiger partial charge in [0.2, 0.25) is 5.91 Å². The van der Waals surface area contributed by atoms with Crippen LogP contribution in [-0.2, 0) is 4.79 Å². The van der Waals surface area contributed by atoms with Crippen LogP contribution in [0.15, 0.2) is 23.1 Å². The summed E-state index contributed by atoms with van der Waals surface area (Å²) < 4.78 is 0. The van der Waals surface area contributed by atoms with Gasteiger partial charge in [-0.1, -0.05) is 0 Å². The number of thioether (sulfide) groups is 1. The molecule has 3 N–H and O–H groups in total. The molecular formula is C12H17N3OS. The highest BCUT2D eigenvalue weighted by Crippen LogP contribution is 2.37. The maximum absolute atomic E-state index is 12.0. The molecule has 4 nitrogen and oxygen atoms in total. The molecule has 2 rings (SSSR count). The summed E-state index contributed by atoms with van der Waals surface area (Å²) in [6.07, 6.45) is 0. The number of anilines is 2. The molecule has 0 fully saturated rings. The second-order valence-corrected chi connectivity index (χ2v) is 5.09. The fourth-order valence-corrected chi connectivity index (χ4v) is 2.80. The Morgan fingerprint density at radius 3 is 3.00 bits per heavy atom. The first-order valence-corrected chi connectivity index (χ1v) is 6.62. The van der Waals surface area contributed by atoms with E-state index in [1.165, 1.54) is 0 Å². The van der Waals surface area contributed by atoms with E-state index in [-0.39, 0.29) is 11.9 Å². The van der Waals surface area contributed by atoms with Crippen molar-refractivity contribution in [2.24, 2.45) is 5.73 Å². The number of carbonyl (C=O) groups excluding carboxylic acids is 1. The lowest BCUT2D eigenvalue weighted by Crippen LogP contribution is -2.45. The Labute approximate surface area is 106 Å². The van der Waals surface area contributed by atoms with Gasteiger partial charge in [-0.15, -0.1) is 11.8 Å². The predicted octanol–water partition coefficient (Wildman–Crippen LogP) is 1.51. The second-order valence-electron chi connectivity index (χ2n) is 4.07. The summed E-state index contributed by atoms with van der Waals surface area (Å²) in [4.78, 5) is 14.9. The van der Waals surface area contributed by atoms with E-state index in [0.717, 1.165) is 16.3 Å². The fraction of sp³-hybridized carbons (Fsp3) is 0.417. The van der Waals surface area contributed by atoms with E-state index in [1.807, 2.05) is 31.0 Å². The van der Waals surface area contributed by atoms with E-state index in [0.29, 0.717) is 12.3 Å². The quantitative estimate of drug-likeness (QED) is 0.855. The van der Waals surface area contributed by atoms with Crippen LogP contribution in [0.5, 0.6) is 0 Å². The molecule has 0 saturated carbocycles. The van der Waals surface area contributed by atoms with E-state index in [9.17, 15) is 4.79 Å². The molecule has 17 heavy (non-hydrogen) atoms. The van der Waals surface area contributed by atoms with Crippen LogP contribution in [0.4, 0.5) is 11.4 Å². The molecule has 1 unspecified atom stereocenters. The third kappa shape index (κ3) is 2.25. The van der Waals surface area contributed by atoms with Gasteiger partial charge in [-0.2, -0.15) is 0 Å². The highest BCUT2D eigenvalue weighted by atomic mass is 32.2. The molecule has 1 aromatic rings. The standard InChI is InChI=1S/C12H17N3OS/c1-8(6-13)15-10-5-9(14-2)3-4-11(10)17-7-12(15)16/h3-5,8,14H,6-7,13H2,1-2H3. The summed E-state index contributed by atoms with van der Waals surface area (Å²) in [5, 5.41) is 3.09. The van der Waals surface area contributed by atoms with Crippen LogP contribution < -0.4 is 16.0 Å². The molecule has 1 aliphatic heterocycles. The molecule has 0 saturated heterocycles. The number of benzene rings is 1. The molecule has 0 aliphatic carbocycles. The first-order valence-electron chi connectivity index (χ1n) is 5.64. The minimum Gasteiger partial charge on any atom is -0.388 e. The number of nitrogens with two attached hydrogens (primary N) is 1. The Morgan fingerprint density at radius 2 is 2.35 bits per heavy atom. The summed E-state index contributed by atoms with van der Waals surface area (Å²) in [6.45, 7) is 2.45. The largest absolute Gasteiger partial charge is 0.388 e. The lowest BCUT2D eigenvalue weighted by molar-refractivity contribution is -0.116. The molecular weight excluding hydrogens is 234 g/mol. The van der Waals surface area contributed by atoms with Gasteiger partial charge in [0.15, 0.2) is 0 Å². The van der Waals surface area contributed by atoms with Gasteiger partial charge in [0.1, 0.15) is 0 Å². The van der Waals surface area contributed by atoms with Crippen molar-refractivity contribution in [2.45, 2.75) is 17.9 Å². The monoisotopic (exact) mass is 251 g/mol. The molecule has 0 aromatic heterocycles. The van der Waals surface area contributed by atoms with Crippen molar-refractivity contribution in [1.29, 1.82) is 0 Å². The Bertz CT molecular complexity index is 436. The molecule has 0 spiro atoms. The predicted molar refractivity (Wildman–Crippen MR) is 72.7 cm³/mol. The van der Waals surface area contributed by atoms with E-state index in [4.69, 9.17) is 5.73 Å². The number of nitrogens with one attached hydrogen (secondary N) is 1. The minimum atomic E-state index is 0.0363. The Balaban J connectivity index is 2.45. The van der Waals surface area contributed by atoms with Gasteiger partial charge in [-0.25, -0.2) is 0 Å². The zero-order valence-electron chi connectivity index (χ0n) is 10.1. The third-order valence-electron chi connectivity index (χ3n) is 2.91. The van der Waals surface area contributed by atoms with Crippen LogP contribution in [0.25, 0.3) is 0 Å². The second kappa shape index (κ2) is 4.98. The molecule has 0 bridgehead atoms. The van der Waals surface area contributed by atoms with E-state index >= 15 is 0 Å². The van der Waals surface area contributed by atoms with E-state index in [1.54, 1.807) is 11.8 Å². The van der Waals surface area contributed by atoms with Crippen molar-refractivity contribution in [1.82, 2.24) is 0 Å².